The Morgan fingerprint density at radius 1 is 1.56 bits per heavy atom. The maximum absolute atomic E-state index is 10.5. The Balaban J connectivity index is 3.14. The molecule has 4 nitrogen and oxygen atoms in total. The molecule has 0 spiro atoms. The highest BCUT2D eigenvalue weighted by Gasteiger charge is 2.12. The highest BCUT2D eigenvalue weighted by Crippen LogP contribution is 2.31. The zero-order chi connectivity index (χ0) is 13.7. The maximum atomic E-state index is 10.5. The van der Waals surface area contributed by atoms with Gasteiger partial charge in [-0.3, -0.25) is 0 Å². The first kappa shape index (κ1) is 14.5. The van der Waals surface area contributed by atoms with E-state index in [-0.39, 0.29) is 6.04 Å². The standard InChI is InChI=1S/C13H16ClNO3/c1-8-6-12(18-3)10(14)7-9(8)11(15-2)4-5-13(16)17/h4-7,11,15H,1-3H3,(H,16,17)/b5-4+. The number of nitrogens with one attached hydrogen (secondary N) is 1. The first-order chi connectivity index (χ1) is 8.49. The van der Waals surface area contributed by atoms with Gasteiger partial charge < -0.3 is 15.2 Å². The highest BCUT2D eigenvalue weighted by molar-refractivity contribution is 6.32. The highest BCUT2D eigenvalue weighted by atomic mass is 35.5. The predicted molar refractivity (Wildman–Crippen MR) is 71.3 cm³/mol. The minimum Gasteiger partial charge on any atom is -0.495 e. The van der Waals surface area contributed by atoms with E-state index in [1.807, 2.05) is 13.0 Å². The number of benzene rings is 1. The van der Waals surface area contributed by atoms with Crippen molar-refractivity contribution >= 4 is 17.6 Å². The van der Waals surface area contributed by atoms with Gasteiger partial charge in [-0.15, -0.1) is 0 Å². The lowest BCUT2D eigenvalue weighted by Gasteiger charge is -2.16. The summed E-state index contributed by atoms with van der Waals surface area (Å²) in [5.74, 6) is -0.373. The molecular weight excluding hydrogens is 254 g/mol. The molecule has 0 heterocycles. The first-order valence-electron chi connectivity index (χ1n) is 5.42. The molecule has 2 N–H and O–H groups in total. The molecule has 0 saturated heterocycles. The van der Waals surface area contributed by atoms with E-state index in [0.29, 0.717) is 10.8 Å². The lowest BCUT2D eigenvalue weighted by atomic mass is 10.0. The number of rotatable bonds is 5. The van der Waals surface area contributed by atoms with Crippen LogP contribution < -0.4 is 10.1 Å². The van der Waals surface area contributed by atoms with Crippen molar-refractivity contribution in [2.24, 2.45) is 0 Å². The summed E-state index contributed by atoms with van der Waals surface area (Å²) in [6, 6.07) is 3.41. The molecule has 0 aliphatic heterocycles. The molecule has 0 amide bonds. The molecule has 0 aliphatic rings. The number of ether oxygens (including phenoxy) is 1. The first-order valence-corrected chi connectivity index (χ1v) is 5.79. The summed E-state index contributed by atoms with van der Waals surface area (Å²) in [5.41, 5.74) is 1.89. The molecular formula is C13H16ClNO3. The fraction of sp³-hybridized carbons (Fsp3) is 0.308. The number of aliphatic carboxylic acids is 1. The van der Waals surface area contributed by atoms with Gasteiger partial charge in [0.05, 0.1) is 18.2 Å². The summed E-state index contributed by atoms with van der Waals surface area (Å²) in [5, 5.41) is 12.2. The minimum absolute atomic E-state index is 0.204. The normalized spacial score (nSPS) is 12.7. The van der Waals surface area contributed by atoms with Gasteiger partial charge in [-0.1, -0.05) is 17.7 Å². The van der Waals surface area contributed by atoms with Gasteiger partial charge in [0.25, 0.3) is 0 Å². The van der Waals surface area contributed by atoms with E-state index in [9.17, 15) is 4.79 Å². The van der Waals surface area contributed by atoms with Crippen LogP contribution in [0, 0.1) is 6.92 Å². The molecule has 1 aromatic rings. The molecule has 0 aliphatic carbocycles. The third-order valence-corrected chi connectivity index (χ3v) is 2.91. The van der Waals surface area contributed by atoms with E-state index in [0.717, 1.165) is 17.2 Å². The molecule has 0 aromatic heterocycles. The Hall–Kier alpha value is -1.52. The number of hydrogen-bond acceptors (Lipinski definition) is 3. The largest absolute Gasteiger partial charge is 0.495 e. The summed E-state index contributed by atoms with van der Waals surface area (Å²) in [6.07, 6.45) is 2.69. The second kappa shape index (κ2) is 6.42. The van der Waals surface area contributed by atoms with E-state index in [1.54, 1.807) is 26.3 Å². The monoisotopic (exact) mass is 269 g/mol. The van der Waals surface area contributed by atoms with Gasteiger partial charge >= 0.3 is 5.97 Å². The van der Waals surface area contributed by atoms with Crippen LogP contribution in [-0.2, 0) is 4.79 Å². The van der Waals surface area contributed by atoms with Crippen LogP contribution in [0.25, 0.3) is 0 Å². The molecule has 0 fully saturated rings. The van der Waals surface area contributed by atoms with Crippen LogP contribution >= 0.6 is 11.6 Å². The van der Waals surface area contributed by atoms with Gasteiger partial charge in [0.15, 0.2) is 0 Å². The topological polar surface area (TPSA) is 58.6 Å². The molecule has 1 aromatic carbocycles. The van der Waals surface area contributed by atoms with E-state index < -0.39 is 5.97 Å². The Kier molecular flexibility index (Phi) is 5.19. The van der Waals surface area contributed by atoms with Gasteiger partial charge in [0.1, 0.15) is 5.75 Å². The smallest absolute Gasteiger partial charge is 0.328 e. The van der Waals surface area contributed by atoms with Crippen molar-refractivity contribution in [3.05, 3.63) is 40.4 Å². The van der Waals surface area contributed by atoms with E-state index in [1.165, 1.54) is 0 Å². The number of halogens is 1. The summed E-state index contributed by atoms with van der Waals surface area (Å²) in [4.78, 5) is 10.5. The third kappa shape index (κ3) is 3.48. The summed E-state index contributed by atoms with van der Waals surface area (Å²) in [7, 11) is 3.31. The minimum atomic E-state index is -0.979. The number of hydrogen-bond donors (Lipinski definition) is 2. The predicted octanol–water partition coefficient (Wildman–Crippen LogP) is 2.56. The number of carboxylic acids is 1. The average Bonchev–Trinajstić information content (AvgIpc) is 2.33. The number of carboxylic acid groups (broad SMARTS) is 1. The second-order valence-corrected chi connectivity index (χ2v) is 4.21. The van der Waals surface area contributed by atoms with Crippen molar-refractivity contribution in [1.82, 2.24) is 5.32 Å². The van der Waals surface area contributed by atoms with Crippen LogP contribution in [0.1, 0.15) is 17.2 Å². The van der Waals surface area contributed by atoms with Crippen LogP contribution in [0.4, 0.5) is 0 Å². The Bertz CT molecular complexity index is 472. The van der Waals surface area contributed by atoms with Crippen LogP contribution in [0.15, 0.2) is 24.3 Å². The van der Waals surface area contributed by atoms with Gasteiger partial charge in [-0.2, -0.15) is 0 Å². The zero-order valence-electron chi connectivity index (χ0n) is 10.5. The fourth-order valence-electron chi connectivity index (χ4n) is 1.70. The SMILES string of the molecule is CNC(/C=C/C(=O)O)c1cc(Cl)c(OC)cc1C. The quantitative estimate of drug-likeness (QED) is 0.807. The van der Waals surface area contributed by atoms with E-state index in [4.69, 9.17) is 21.4 Å². The average molecular weight is 270 g/mol. The van der Waals surface area contributed by atoms with Crippen molar-refractivity contribution in [3.8, 4) is 5.75 Å². The Labute approximate surface area is 111 Å². The van der Waals surface area contributed by atoms with Crippen LogP contribution in [0.3, 0.4) is 0 Å². The Morgan fingerprint density at radius 2 is 2.22 bits per heavy atom. The van der Waals surface area contributed by atoms with Crippen molar-refractivity contribution in [1.29, 1.82) is 0 Å². The lowest BCUT2D eigenvalue weighted by molar-refractivity contribution is -0.131. The van der Waals surface area contributed by atoms with Crippen LogP contribution in [0.5, 0.6) is 5.75 Å². The summed E-state index contributed by atoms with van der Waals surface area (Å²) in [6.45, 7) is 1.92. The number of aryl methyl sites for hydroxylation is 1. The molecule has 1 unspecified atom stereocenters. The maximum Gasteiger partial charge on any atom is 0.328 e. The van der Waals surface area contributed by atoms with Crippen LogP contribution in [-0.4, -0.2) is 25.2 Å². The lowest BCUT2D eigenvalue weighted by Crippen LogP contribution is -2.15. The Morgan fingerprint density at radius 3 is 2.72 bits per heavy atom. The van der Waals surface area contributed by atoms with E-state index >= 15 is 0 Å². The molecule has 0 saturated carbocycles. The number of methoxy groups -OCH3 is 1. The fourth-order valence-corrected chi connectivity index (χ4v) is 1.95. The number of carbonyl (C=O) groups is 1. The number of likely N-dealkylation sites (N-methyl/N-ethyl adjacent to an activating group) is 1. The third-order valence-electron chi connectivity index (χ3n) is 2.62. The molecule has 1 rings (SSSR count). The van der Waals surface area contributed by atoms with Gasteiger partial charge in [-0.25, -0.2) is 4.79 Å². The molecule has 1 atom stereocenters. The van der Waals surface area contributed by atoms with Crippen molar-refractivity contribution < 1.29 is 14.6 Å². The molecule has 0 bridgehead atoms. The molecule has 18 heavy (non-hydrogen) atoms. The molecule has 98 valence electrons. The van der Waals surface area contributed by atoms with Crippen molar-refractivity contribution in [2.75, 3.05) is 14.2 Å². The second-order valence-electron chi connectivity index (χ2n) is 3.81. The van der Waals surface area contributed by atoms with Crippen molar-refractivity contribution in [3.63, 3.8) is 0 Å². The zero-order valence-corrected chi connectivity index (χ0v) is 11.3. The van der Waals surface area contributed by atoms with Crippen LogP contribution in [0.2, 0.25) is 5.02 Å². The summed E-state index contributed by atoms with van der Waals surface area (Å²) >= 11 is 6.07. The van der Waals surface area contributed by atoms with Crippen molar-refractivity contribution in [2.45, 2.75) is 13.0 Å². The van der Waals surface area contributed by atoms with Gasteiger partial charge in [0, 0.05) is 6.08 Å². The van der Waals surface area contributed by atoms with E-state index in [2.05, 4.69) is 5.32 Å². The molecule has 0 radical (unpaired) electrons. The van der Waals surface area contributed by atoms with Gasteiger partial charge in [0.2, 0.25) is 0 Å². The van der Waals surface area contributed by atoms with Gasteiger partial charge in [-0.05, 0) is 37.2 Å². The molecule has 5 heteroatoms. The summed E-state index contributed by atoms with van der Waals surface area (Å²) < 4.78 is 5.13.